The molecular formula is C14H21NO. The Morgan fingerprint density at radius 1 is 1.38 bits per heavy atom. The molecule has 0 radical (unpaired) electrons. The maximum atomic E-state index is 12.1. The summed E-state index contributed by atoms with van der Waals surface area (Å²) in [6.45, 7) is 8.02. The van der Waals surface area contributed by atoms with Crippen molar-refractivity contribution >= 4 is 5.78 Å². The van der Waals surface area contributed by atoms with Crippen molar-refractivity contribution < 1.29 is 4.79 Å². The lowest BCUT2D eigenvalue weighted by Crippen LogP contribution is -2.13. The maximum Gasteiger partial charge on any atom is 0.167 e. The van der Waals surface area contributed by atoms with Crippen LogP contribution in [0.25, 0.3) is 0 Å². The number of pyridine rings is 1. The first kappa shape index (κ1) is 12.9. The number of aromatic nitrogens is 1. The van der Waals surface area contributed by atoms with Crippen LogP contribution in [0.4, 0.5) is 0 Å². The zero-order chi connectivity index (χ0) is 12.1. The molecule has 1 aromatic heterocycles. The monoisotopic (exact) mass is 219 g/mol. The molecule has 1 heterocycles. The molecular weight excluding hydrogens is 198 g/mol. The fourth-order valence-corrected chi connectivity index (χ4v) is 1.85. The fourth-order valence-electron chi connectivity index (χ4n) is 1.85. The second-order valence-electron chi connectivity index (χ2n) is 4.49. The summed E-state index contributed by atoms with van der Waals surface area (Å²) in [5, 5.41) is 0. The highest BCUT2D eigenvalue weighted by molar-refractivity contribution is 5.98. The predicted octanol–water partition coefficient (Wildman–Crippen LogP) is 3.71. The van der Waals surface area contributed by atoms with Crippen molar-refractivity contribution in [1.29, 1.82) is 0 Å². The number of carbonyl (C=O) groups excluding carboxylic acids is 1. The molecule has 1 aromatic rings. The molecule has 2 heteroatoms. The molecule has 0 saturated carbocycles. The van der Waals surface area contributed by atoms with Crippen LogP contribution < -0.4 is 0 Å². The topological polar surface area (TPSA) is 30.0 Å². The summed E-state index contributed by atoms with van der Waals surface area (Å²) in [7, 11) is 0. The second kappa shape index (κ2) is 5.78. The van der Waals surface area contributed by atoms with Gasteiger partial charge in [0.25, 0.3) is 0 Å². The second-order valence-corrected chi connectivity index (χ2v) is 4.49. The molecule has 0 aliphatic rings. The number of Topliss-reactive ketones (excluding diaryl/α,β-unsaturated/α-hetero) is 1. The number of ketones is 1. The largest absolute Gasteiger partial charge is 0.294 e. The summed E-state index contributed by atoms with van der Waals surface area (Å²) in [5.74, 6) is 0.349. The van der Waals surface area contributed by atoms with E-state index in [4.69, 9.17) is 0 Å². The highest BCUT2D eigenvalue weighted by atomic mass is 16.1. The Hall–Kier alpha value is -1.18. The molecule has 0 N–H and O–H groups in total. The minimum absolute atomic E-state index is 0.114. The van der Waals surface area contributed by atoms with Crippen molar-refractivity contribution in [3.63, 3.8) is 0 Å². The molecule has 0 bridgehead atoms. The van der Waals surface area contributed by atoms with Gasteiger partial charge in [-0.1, -0.05) is 26.7 Å². The molecule has 0 aromatic carbocycles. The standard InChI is InChI=1S/C14H21NO/c1-5-6-7-10(2)14(16)13-9-8-11(3)15-12(13)4/h8-10H,5-7H2,1-4H3. The van der Waals surface area contributed by atoms with E-state index in [2.05, 4.69) is 11.9 Å². The molecule has 0 fully saturated rings. The Kier molecular flexibility index (Phi) is 4.66. The minimum Gasteiger partial charge on any atom is -0.294 e. The molecule has 0 saturated heterocycles. The summed E-state index contributed by atoms with van der Waals surface area (Å²) in [5.41, 5.74) is 2.61. The first-order chi connectivity index (χ1) is 7.56. The summed E-state index contributed by atoms with van der Waals surface area (Å²) < 4.78 is 0. The average molecular weight is 219 g/mol. The third-order valence-electron chi connectivity index (χ3n) is 2.93. The Labute approximate surface area is 98.1 Å². The number of rotatable bonds is 5. The molecule has 1 unspecified atom stereocenters. The lowest BCUT2D eigenvalue weighted by molar-refractivity contribution is 0.0921. The van der Waals surface area contributed by atoms with Crippen LogP contribution in [0.2, 0.25) is 0 Å². The SMILES string of the molecule is CCCCC(C)C(=O)c1ccc(C)nc1C. The molecule has 2 nitrogen and oxygen atoms in total. The van der Waals surface area contributed by atoms with Crippen LogP contribution in [0.15, 0.2) is 12.1 Å². The normalized spacial score (nSPS) is 12.5. The zero-order valence-electron chi connectivity index (χ0n) is 10.7. The smallest absolute Gasteiger partial charge is 0.167 e. The van der Waals surface area contributed by atoms with Gasteiger partial charge in [-0.3, -0.25) is 9.78 Å². The number of unbranched alkanes of at least 4 members (excludes halogenated alkanes) is 1. The first-order valence-electron chi connectivity index (χ1n) is 6.04. The Balaban J connectivity index is 2.79. The van der Waals surface area contributed by atoms with Gasteiger partial charge in [-0.2, -0.15) is 0 Å². The summed E-state index contributed by atoms with van der Waals surface area (Å²) >= 11 is 0. The minimum atomic E-state index is 0.114. The van der Waals surface area contributed by atoms with Gasteiger partial charge in [-0.15, -0.1) is 0 Å². The van der Waals surface area contributed by atoms with Crippen molar-refractivity contribution in [2.75, 3.05) is 0 Å². The summed E-state index contributed by atoms with van der Waals surface area (Å²) in [4.78, 5) is 16.5. The summed E-state index contributed by atoms with van der Waals surface area (Å²) in [6.07, 6.45) is 3.23. The predicted molar refractivity (Wildman–Crippen MR) is 66.7 cm³/mol. The van der Waals surface area contributed by atoms with Crippen LogP contribution >= 0.6 is 0 Å². The third-order valence-corrected chi connectivity index (χ3v) is 2.93. The van der Waals surface area contributed by atoms with Gasteiger partial charge in [0.05, 0.1) is 0 Å². The number of nitrogens with zero attached hydrogens (tertiary/aromatic N) is 1. The zero-order valence-corrected chi connectivity index (χ0v) is 10.7. The highest BCUT2D eigenvalue weighted by Crippen LogP contribution is 2.17. The van der Waals surface area contributed by atoms with Gasteiger partial charge in [0.1, 0.15) is 0 Å². The van der Waals surface area contributed by atoms with Crippen LogP contribution in [0.1, 0.15) is 54.9 Å². The number of aryl methyl sites for hydroxylation is 2. The van der Waals surface area contributed by atoms with E-state index >= 15 is 0 Å². The highest BCUT2D eigenvalue weighted by Gasteiger charge is 2.16. The first-order valence-corrected chi connectivity index (χ1v) is 6.04. The van der Waals surface area contributed by atoms with Gasteiger partial charge in [0.15, 0.2) is 5.78 Å². The van der Waals surface area contributed by atoms with Gasteiger partial charge in [0.2, 0.25) is 0 Å². The summed E-state index contributed by atoms with van der Waals surface area (Å²) in [6, 6.07) is 3.81. The molecule has 16 heavy (non-hydrogen) atoms. The van der Waals surface area contributed by atoms with Gasteiger partial charge in [0, 0.05) is 22.9 Å². The Bertz CT molecular complexity index is 371. The number of hydrogen-bond donors (Lipinski definition) is 0. The molecule has 0 spiro atoms. The molecule has 0 aliphatic carbocycles. The Morgan fingerprint density at radius 3 is 2.62 bits per heavy atom. The molecule has 1 atom stereocenters. The van der Waals surface area contributed by atoms with Crippen LogP contribution in [0.5, 0.6) is 0 Å². The van der Waals surface area contributed by atoms with E-state index in [9.17, 15) is 4.79 Å². The quantitative estimate of drug-likeness (QED) is 0.707. The van der Waals surface area contributed by atoms with Gasteiger partial charge >= 0.3 is 0 Å². The molecule has 0 aliphatic heterocycles. The van der Waals surface area contributed by atoms with Crippen molar-refractivity contribution in [2.45, 2.75) is 47.0 Å². The van der Waals surface area contributed by atoms with Crippen LogP contribution in [0, 0.1) is 19.8 Å². The lowest BCUT2D eigenvalue weighted by Gasteiger charge is -2.11. The van der Waals surface area contributed by atoms with Gasteiger partial charge in [-0.25, -0.2) is 0 Å². The van der Waals surface area contributed by atoms with Crippen molar-refractivity contribution in [3.05, 3.63) is 29.1 Å². The number of hydrogen-bond acceptors (Lipinski definition) is 2. The van der Waals surface area contributed by atoms with Crippen molar-refractivity contribution in [1.82, 2.24) is 4.98 Å². The number of carbonyl (C=O) groups is 1. The van der Waals surface area contributed by atoms with E-state index in [0.29, 0.717) is 0 Å². The van der Waals surface area contributed by atoms with Crippen molar-refractivity contribution in [3.8, 4) is 0 Å². The molecule has 88 valence electrons. The van der Waals surface area contributed by atoms with Gasteiger partial charge in [-0.05, 0) is 32.4 Å². The average Bonchev–Trinajstić information content (AvgIpc) is 2.25. The van der Waals surface area contributed by atoms with E-state index in [1.165, 1.54) is 0 Å². The van der Waals surface area contributed by atoms with E-state index in [1.807, 2.05) is 32.9 Å². The Morgan fingerprint density at radius 2 is 2.06 bits per heavy atom. The molecule has 0 amide bonds. The van der Waals surface area contributed by atoms with E-state index in [1.54, 1.807) is 0 Å². The van der Waals surface area contributed by atoms with E-state index < -0.39 is 0 Å². The van der Waals surface area contributed by atoms with Crippen LogP contribution in [-0.2, 0) is 0 Å². The van der Waals surface area contributed by atoms with E-state index in [0.717, 1.165) is 36.2 Å². The third kappa shape index (κ3) is 3.16. The maximum absolute atomic E-state index is 12.1. The molecule has 1 rings (SSSR count). The van der Waals surface area contributed by atoms with Gasteiger partial charge < -0.3 is 0 Å². The fraction of sp³-hybridized carbons (Fsp3) is 0.571. The van der Waals surface area contributed by atoms with E-state index in [-0.39, 0.29) is 11.7 Å². The lowest BCUT2D eigenvalue weighted by atomic mass is 9.94. The van der Waals surface area contributed by atoms with Crippen LogP contribution in [-0.4, -0.2) is 10.8 Å². The van der Waals surface area contributed by atoms with Crippen LogP contribution in [0.3, 0.4) is 0 Å². The van der Waals surface area contributed by atoms with Crippen molar-refractivity contribution in [2.24, 2.45) is 5.92 Å².